The van der Waals surface area contributed by atoms with Crippen molar-refractivity contribution in [3.05, 3.63) is 28.2 Å². The first-order valence-electron chi connectivity index (χ1n) is 5.04. The third-order valence-electron chi connectivity index (χ3n) is 1.68. The highest BCUT2D eigenvalue weighted by Gasteiger charge is 2.22. The van der Waals surface area contributed by atoms with Gasteiger partial charge in [0.25, 0.3) is 0 Å². The van der Waals surface area contributed by atoms with E-state index in [2.05, 4.69) is 0 Å². The largest absolute Gasteiger partial charge is 0.423 e. The highest BCUT2D eigenvalue weighted by Crippen LogP contribution is 2.51. The molecule has 3 nitrogen and oxygen atoms in total. The molecule has 0 saturated heterocycles. The molecule has 1 aromatic rings. The third-order valence-corrected chi connectivity index (χ3v) is 4.63. The first-order chi connectivity index (χ1) is 8.00. The fraction of sp³-hybridized carbons (Fsp3) is 0.400. The molecule has 96 valence electrons. The van der Waals surface area contributed by atoms with Gasteiger partial charge in [0.2, 0.25) is 0 Å². The minimum Gasteiger partial charge on any atom is -0.423 e. The van der Waals surface area contributed by atoms with Gasteiger partial charge in [-0.05, 0) is 32.0 Å². The molecule has 0 bridgehead atoms. The first-order valence-corrected chi connectivity index (χ1v) is 8.35. The van der Waals surface area contributed by atoms with E-state index in [0.29, 0.717) is 29.0 Å². The van der Waals surface area contributed by atoms with Crippen LogP contribution in [0.3, 0.4) is 0 Å². The zero-order chi connectivity index (χ0) is 12.9. The van der Waals surface area contributed by atoms with Crippen LogP contribution in [0.5, 0.6) is 5.75 Å². The summed E-state index contributed by atoms with van der Waals surface area (Å²) in [6.45, 7) is 1.71. The second kappa shape index (κ2) is 6.93. The van der Waals surface area contributed by atoms with Crippen LogP contribution in [0.25, 0.3) is 0 Å². The average molecular weight is 327 g/mol. The van der Waals surface area contributed by atoms with E-state index in [-0.39, 0.29) is 0 Å². The predicted molar refractivity (Wildman–Crippen MR) is 74.6 cm³/mol. The van der Waals surface area contributed by atoms with Crippen LogP contribution in [0.2, 0.25) is 10.0 Å². The van der Waals surface area contributed by atoms with Crippen LogP contribution in [-0.2, 0) is 20.9 Å². The van der Waals surface area contributed by atoms with Crippen LogP contribution in [0.1, 0.15) is 13.8 Å². The van der Waals surface area contributed by atoms with E-state index in [0.717, 1.165) is 0 Å². The van der Waals surface area contributed by atoms with E-state index in [4.69, 9.17) is 48.6 Å². The maximum Gasteiger partial charge on any atom is 0.380 e. The molecule has 1 aromatic carbocycles. The van der Waals surface area contributed by atoms with E-state index in [9.17, 15) is 0 Å². The maximum atomic E-state index is 5.99. The number of hydrogen-bond acceptors (Lipinski definition) is 4. The SMILES string of the molecule is CCOP(=S)(OCC)O[14c]1[14cH][14cH][14c](Cl)[14cH][14c]1Cl. The summed E-state index contributed by atoms with van der Waals surface area (Å²) in [5, 5.41) is 0.912. The molecule has 0 saturated carbocycles. The van der Waals surface area contributed by atoms with E-state index in [1.807, 2.05) is 13.8 Å². The molecule has 0 aliphatic heterocycles. The Morgan fingerprint density at radius 2 is 1.76 bits per heavy atom. The van der Waals surface area contributed by atoms with Crippen molar-refractivity contribution in [2.75, 3.05) is 13.2 Å². The maximum absolute atomic E-state index is 5.99. The van der Waals surface area contributed by atoms with Gasteiger partial charge in [-0.15, -0.1) is 0 Å². The molecule has 0 fully saturated rings. The van der Waals surface area contributed by atoms with Crippen LogP contribution >= 0.6 is 29.9 Å². The molecule has 0 aromatic heterocycles. The Balaban J connectivity index is 2.89. The molecule has 0 aliphatic rings. The molecule has 0 atom stereocenters. The zero-order valence-electron chi connectivity index (χ0n) is 9.48. The fourth-order valence-corrected chi connectivity index (χ4v) is 3.66. The standard InChI is InChI=1S/C10H13Cl2O3PS/c1-3-13-16(17,14-4-2)15-10-6-5-8(11)7-9(10)12/h5-7H,3-4H2,1-2H3/i5+2,6+2,7+2,8+2,9+2,10+2. The molecule has 0 unspecified atom stereocenters. The number of benzene rings is 1. The van der Waals surface area contributed by atoms with Crippen LogP contribution in [0.4, 0.5) is 0 Å². The van der Waals surface area contributed by atoms with Gasteiger partial charge in [-0.2, -0.15) is 0 Å². The van der Waals surface area contributed by atoms with E-state index >= 15 is 0 Å². The quantitative estimate of drug-likeness (QED) is 0.710. The summed E-state index contributed by atoms with van der Waals surface area (Å²) >= 11 is 17.0. The van der Waals surface area contributed by atoms with Gasteiger partial charge in [0.15, 0.2) is 0 Å². The molecule has 17 heavy (non-hydrogen) atoms. The minimum absolute atomic E-state index is 0.381. The van der Waals surface area contributed by atoms with Gasteiger partial charge >= 0.3 is 6.72 Å². The molecule has 0 N–H and O–H groups in total. The van der Waals surface area contributed by atoms with Crippen molar-refractivity contribution in [1.29, 1.82) is 0 Å². The van der Waals surface area contributed by atoms with Gasteiger partial charge in [-0.1, -0.05) is 23.2 Å². The lowest BCUT2D eigenvalue weighted by atomic mass is 10.9. The van der Waals surface area contributed by atoms with Gasteiger partial charge < -0.3 is 4.52 Å². The summed E-state index contributed by atoms with van der Waals surface area (Å²) in [4.78, 5) is 0. The monoisotopic (exact) mass is 326 g/mol. The third kappa shape index (κ3) is 4.74. The fourth-order valence-electron chi connectivity index (χ4n) is 1.08. The van der Waals surface area contributed by atoms with Gasteiger partial charge in [0, 0.05) is 16.8 Å². The molecular formula is C10H13Cl2O3PS. The summed E-state index contributed by atoms with van der Waals surface area (Å²) in [7, 11) is 0. The van der Waals surface area contributed by atoms with Crippen LogP contribution in [0.15, 0.2) is 18.2 Å². The lowest BCUT2D eigenvalue weighted by molar-refractivity contribution is 0.218. The Kier molecular flexibility index (Phi) is 6.21. The summed E-state index contributed by atoms with van der Waals surface area (Å²) in [5.74, 6) is 0.418. The first kappa shape index (κ1) is 15.2. The van der Waals surface area contributed by atoms with Crippen molar-refractivity contribution < 1.29 is 13.6 Å². The van der Waals surface area contributed by atoms with Gasteiger partial charge in [0.05, 0.1) is 18.2 Å². The normalized spacial score (nSPS) is 11.5. The molecule has 1 rings (SSSR count). The molecule has 0 amide bonds. The number of rotatable bonds is 6. The molecule has 0 aliphatic carbocycles. The van der Waals surface area contributed by atoms with E-state index < -0.39 is 6.72 Å². The number of hydrogen-bond donors (Lipinski definition) is 0. The molecule has 0 radical (unpaired) electrons. The summed E-state index contributed by atoms with van der Waals surface area (Å²) in [6.07, 6.45) is 0. The molecule has 0 heterocycles. The zero-order valence-corrected chi connectivity index (χ0v) is 12.7. The predicted octanol–water partition coefficient (Wildman–Crippen LogP) is 4.67. The summed E-state index contributed by atoms with van der Waals surface area (Å²) in [5.41, 5.74) is 0. The molecule has 0 spiro atoms. The van der Waals surface area contributed by atoms with Crippen LogP contribution in [0, 0.1) is 0 Å². The van der Waals surface area contributed by atoms with Crippen molar-refractivity contribution in [2.45, 2.75) is 13.8 Å². The Morgan fingerprint density at radius 3 is 2.24 bits per heavy atom. The van der Waals surface area contributed by atoms with Crippen molar-refractivity contribution in [3.63, 3.8) is 0 Å². The smallest absolute Gasteiger partial charge is 0.380 e. The Hall–Kier alpha value is 0.170. The van der Waals surface area contributed by atoms with Gasteiger partial charge in [-0.3, -0.25) is 9.05 Å². The Bertz CT molecular complexity index is 418. The van der Waals surface area contributed by atoms with Crippen LogP contribution < -0.4 is 4.52 Å². The molecule has 7 heteroatoms. The Labute approximate surface area is 116 Å². The van der Waals surface area contributed by atoms with Gasteiger partial charge in [0.1, 0.15) is 5.75 Å². The minimum atomic E-state index is -2.78. The average Bonchev–Trinajstić information content (AvgIpc) is 2.23. The van der Waals surface area contributed by atoms with Crippen molar-refractivity contribution >= 4 is 41.7 Å². The number of halogens is 2. The second-order valence-electron chi connectivity index (χ2n) is 2.95. The van der Waals surface area contributed by atoms with E-state index in [1.165, 1.54) is 0 Å². The lowest BCUT2D eigenvalue weighted by Crippen LogP contribution is -2.02. The van der Waals surface area contributed by atoms with Crippen molar-refractivity contribution in [2.24, 2.45) is 0 Å². The summed E-state index contributed by atoms with van der Waals surface area (Å²) < 4.78 is 16.3. The Morgan fingerprint density at radius 1 is 1.18 bits per heavy atom. The topological polar surface area (TPSA) is 27.7 Å². The summed E-state index contributed by atoms with van der Waals surface area (Å²) in [6, 6.07) is 4.89. The highest BCUT2D eigenvalue weighted by molar-refractivity contribution is 8.07. The van der Waals surface area contributed by atoms with Crippen molar-refractivity contribution in [1.82, 2.24) is 0 Å². The van der Waals surface area contributed by atoms with Crippen molar-refractivity contribution in [3.8, 4) is 5.75 Å². The van der Waals surface area contributed by atoms with E-state index in [1.54, 1.807) is 18.2 Å². The van der Waals surface area contributed by atoms with Gasteiger partial charge in [-0.25, -0.2) is 0 Å². The lowest BCUT2D eigenvalue weighted by Gasteiger charge is -2.21. The second-order valence-corrected chi connectivity index (χ2v) is 6.73. The highest BCUT2D eigenvalue weighted by atomic mass is 35.5. The molecular weight excluding hydrogens is 314 g/mol. The van der Waals surface area contributed by atoms with Crippen LogP contribution in [-0.4, -0.2) is 13.2 Å².